The number of aryl methyl sites for hydroxylation is 1. The van der Waals surface area contributed by atoms with Gasteiger partial charge in [0.25, 0.3) is 0 Å². The topological polar surface area (TPSA) is 97.6 Å². The van der Waals surface area contributed by atoms with Crippen LogP contribution < -0.4 is 10.2 Å². The first-order valence-electron chi connectivity index (χ1n) is 7.38. The molecular weight excluding hydrogens is 338 g/mol. The van der Waals surface area contributed by atoms with Gasteiger partial charge in [-0.15, -0.1) is 0 Å². The monoisotopic (exact) mass is 352 g/mol. The molecule has 1 aliphatic heterocycles. The highest BCUT2D eigenvalue weighted by Gasteiger charge is 2.35. The summed E-state index contributed by atoms with van der Waals surface area (Å²) in [5.41, 5.74) is -0.447. The summed E-state index contributed by atoms with van der Waals surface area (Å²) in [6.45, 7) is 2.91. The average Bonchev–Trinajstić information content (AvgIpc) is 3.14. The minimum absolute atomic E-state index is 0.0177. The molecule has 2 aromatic rings. The number of nitrogens with one attached hydrogen (secondary N) is 1. The van der Waals surface area contributed by atoms with E-state index in [1.165, 1.54) is 26.0 Å². The van der Waals surface area contributed by atoms with Crippen molar-refractivity contribution in [3.8, 4) is 11.4 Å². The number of hydrogen-bond donors (Lipinski definition) is 1. The van der Waals surface area contributed by atoms with Gasteiger partial charge in [-0.3, -0.25) is 9.69 Å². The Hall–Kier alpha value is -3.04. The van der Waals surface area contributed by atoms with Crippen molar-refractivity contribution in [3.63, 3.8) is 0 Å². The van der Waals surface area contributed by atoms with Crippen molar-refractivity contribution in [2.24, 2.45) is 0 Å². The smallest absolute Gasteiger partial charge is 0.414 e. The number of cyclic esters (lactones) is 1. The van der Waals surface area contributed by atoms with E-state index in [0.29, 0.717) is 0 Å². The fourth-order valence-electron chi connectivity index (χ4n) is 2.41. The molecule has 1 saturated heterocycles. The molecule has 0 aliphatic carbocycles. The van der Waals surface area contributed by atoms with Crippen LogP contribution in [0.25, 0.3) is 11.4 Å². The maximum absolute atomic E-state index is 14.4. The summed E-state index contributed by atoms with van der Waals surface area (Å²) < 4.78 is 38.6. The molecule has 1 fully saturated rings. The van der Waals surface area contributed by atoms with Crippen molar-refractivity contribution in [2.45, 2.75) is 20.0 Å². The molecule has 0 bridgehead atoms. The Morgan fingerprint density at radius 2 is 2.16 bits per heavy atom. The molecule has 0 radical (unpaired) electrons. The van der Waals surface area contributed by atoms with E-state index >= 15 is 0 Å². The first-order valence-corrected chi connectivity index (χ1v) is 7.38. The number of benzene rings is 1. The van der Waals surface area contributed by atoms with Crippen LogP contribution in [0.15, 0.2) is 16.7 Å². The molecule has 2 amide bonds. The zero-order chi connectivity index (χ0) is 18.1. The molecule has 132 valence electrons. The number of ether oxygens (including phenoxy) is 1. The molecule has 1 atom stereocenters. The van der Waals surface area contributed by atoms with E-state index in [1.54, 1.807) is 0 Å². The minimum Gasteiger partial charge on any atom is -0.442 e. The van der Waals surface area contributed by atoms with Crippen LogP contribution in [-0.2, 0) is 9.53 Å². The van der Waals surface area contributed by atoms with Crippen molar-refractivity contribution < 1.29 is 27.6 Å². The van der Waals surface area contributed by atoms with Crippen LogP contribution in [0.5, 0.6) is 0 Å². The van der Waals surface area contributed by atoms with E-state index in [1.807, 2.05) is 0 Å². The number of anilines is 1. The third-order valence-electron chi connectivity index (χ3n) is 3.57. The Labute approximate surface area is 140 Å². The standard InChI is InChI=1S/C15H14F2N4O4/c1-7(22)18-5-9-6-21(15(23)24-9)11-4-3-10(12(16)13(11)17)14-19-8(2)25-20-14/h3-4,9H,5-6H2,1-2H3,(H,18,22)/t9-/m0/s1. The van der Waals surface area contributed by atoms with Gasteiger partial charge in [-0.2, -0.15) is 4.98 Å². The van der Waals surface area contributed by atoms with Crippen molar-refractivity contribution in [1.29, 1.82) is 0 Å². The third-order valence-corrected chi connectivity index (χ3v) is 3.57. The molecule has 1 aromatic heterocycles. The number of rotatable bonds is 4. The SMILES string of the molecule is CC(=O)NC[C@H]1CN(c2ccc(-c3noc(C)n3)c(F)c2F)C(=O)O1. The maximum atomic E-state index is 14.4. The third kappa shape index (κ3) is 3.28. The van der Waals surface area contributed by atoms with E-state index in [2.05, 4.69) is 15.5 Å². The molecule has 1 aromatic carbocycles. The molecule has 2 heterocycles. The second kappa shape index (κ2) is 6.46. The molecule has 0 unspecified atom stereocenters. The maximum Gasteiger partial charge on any atom is 0.414 e. The Bertz CT molecular complexity index is 839. The van der Waals surface area contributed by atoms with Crippen molar-refractivity contribution in [3.05, 3.63) is 29.7 Å². The summed E-state index contributed by atoms with van der Waals surface area (Å²) in [7, 11) is 0. The summed E-state index contributed by atoms with van der Waals surface area (Å²) in [6.07, 6.45) is -1.48. The largest absolute Gasteiger partial charge is 0.442 e. The van der Waals surface area contributed by atoms with Crippen molar-refractivity contribution >= 4 is 17.7 Å². The molecular formula is C15H14F2N4O4. The summed E-state index contributed by atoms with van der Waals surface area (Å²) in [5, 5.41) is 6.05. The van der Waals surface area contributed by atoms with Gasteiger partial charge in [-0.1, -0.05) is 5.16 Å². The molecule has 1 aliphatic rings. The molecule has 0 saturated carbocycles. The summed E-state index contributed by atoms with van der Waals surface area (Å²) in [5.74, 6) is -2.59. The predicted octanol–water partition coefficient (Wildman–Crippen LogP) is 1.78. The summed E-state index contributed by atoms with van der Waals surface area (Å²) in [6, 6.07) is 2.49. The van der Waals surface area contributed by atoms with Crippen LogP contribution in [0.3, 0.4) is 0 Å². The first-order chi connectivity index (χ1) is 11.9. The molecule has 25 heavy (non-hydrogen) atoms. The van der Waals surface area contributed by atoms with Crippen LogP contribution in [-0.4, -0.2) is 41.3 Å². The van der Waals surface area contributed by atoms with Gasteiger partial charge in [-0.05, 0) is 12.1 Å². The van der Waals surface area contributed by atoms with Crippen LogP contribution in [0.2, 0.25) is 0 Å². The Kier molecular flexibility index (Phi) is 4.34. The van der Waals surface area contributed by atoms with Gasteiger partial charge >= 0.3 is 6.09 Å². The van der Waals surface area contributed by atoms with Crippen molar-refractivity contribution in [1.82, 2.24) is 15.5 Å². The number of carbonyl (C=O) groups is 2. The average molecular weight is 352 g/mol. The number of amides is 2. The Morgan fingerprint density at radius 3 is 2.80 bits per heavy atom. The lowest BCUT2D eigenvalue weighted by Crippen LogP contribution is -2.33. The highest BCUT2D eigenvalue weighted by Crippen LogP contribution is 2.31. The minimum atomic E-state index is -1.22. The van der Waals surface area contributed by atoms with E-state index in [0.717, 1.165) is 4.90 Å². The highest BCUT2D eigenvalue weighted by molar-refractivity contribution is 5.90. The van der Waals surface area contributed by atoms with E-state index in [9.17, 15) is 18.4 Å². The van der Waals surface area contributed by atoms with Gasteiger partial charge in [0.1, 0.15) is 6.10 Å². The fourth-order valence-corrected chi connectivity index (χ4v) is 2.41. The number of hydrogen-bond acceptors (Lipinski definition) is 6. The zero-order valence-electron chi connectivity index (χ0n) is 13.4. The van der Waals surface area contributed by atoms with E-state index in [4.69, 9.17) is 9.26 Å². The normalized spacial score (nSPS) is 16.9. The van der Waals surface area contributed by atoms with Gasteiger partial charge in [0, 0.05) is 13.8 Å². The summed E-state index contributed by atoms with van der Waals surface area (Å²) >= 11 is 0. The second-order valence-corrected chi connectivity index (χ2v) is 5.45. The van der Waals surface area contributed by atoms with Crippen LogP contribution in [0.1, 0.15) is 12.8 Å². The predicted molar refractivity (Wildman–Crippen MR) is 80.7 cm³/mol. The van der Waals surface area contributed by atoms with Crippen molar-refractivity contribution in [2.75, 3.05) is 18.0 Å². The number of aromatic nitrogens is 2. The molecule has 3 rings (SSSR count). The second-order valence-electron chi connectivity index (χ2n) is 5.45. The first kappa shape index (κ1) is 16.8. The summed E-state index contributed by atoms with van der Waals surface area (Å²) in [4.78, 5) is 27.6. The Morgan fingerprint density at radius 1 is 1.40 bits per heavy atom. The molecule has 8 nitrogen and oxygen atoms in total. The van der Waals surface area contributed by atoms with Gasteiger partial charge in [0.2, 0.25) is 17.6 Å². The lowest BCUT2D eigenvalue weighted by atomic mass is 10.1. The molecule has 10 heteroatoms. The number of nitrogens with zero attached hydrogens (tertiary/aromatic N) is 3. The van der Waals surface area contributed by atoms with Gasteiger partial charge in [0.15, 0.2) is 11.6 Å². The lowest BCUT2D eigenvalue weighted by Gasteiger charge is -2.15. The van der Waals surface area contributed by atoms with Crippen LogP contribution in [0, 0.1) is 18.6 Å². The lowest BCUT2D eigenvalue weighted by molar-refractivity contribution is -0.119. The molecule has 1 N–H and O–H groups in total. The number of carbonyl (C=O) groups excluding carboxylic acids is 2. The van der Waals surface area contributed by atoms with Crippen LogP contribution in [0.4, 0.5) is 19.3 Å². The zero-order valence-corrected chi connectivity index (χ0v) is 13.4. The van der Waals surface area contributed by atoms with E-state index < -0.39 is 23.8 Å². The quantitative estimate of drug-likeness (QED) is 0.901. The fraction of sp³-hybridized carbons (Fsp3) is 0.333. The van der Waals surface area contributed by atoms with Gasteiger partial charge < -0.3 is 14.6 Å². The molecule has 0 spiro atoms. The Balaban J connectivity index is 1.85. The van der Waals surface area contributed by atoms with Gasteiger partial charge in [0.05, 0.1) is 24.3 Å². The van der Waals surface area contributed by atoms with Gasteiger partial charge in [-0.25, -0.2) is 13.6 Å². The highest BCUT2D eigenvalue weighted by atomic mass is 19.2. The van der Waals surface area contributed by atoms with Crippen LogP contribution >= 0.6 is 0 Å². The van der Waals surface area contributed by atoms with E-state index in [-0.39, 0.29) is 42.0 Å². The number of halogens is 2.